The number of thiophene rings is 1. The standard InChI is InChI=1S/C29H33N5O2S/c1-29(12-16-34(17-13-29)27(20-35)33-14-2-3-15-33)32-23-9-6-21(7-10-23)28(36)31-25-19-22(8-11-24(25)30)26-5-4-18-37-26/h4-11,18-19,32H,2-3,12-17,30H2,1H3,(H,31,36). The van der Waals surface area contributed by atoms with E-state index in [1.54, 1.807) is 11.3 Å². The molecule has 2 fully saturated rings. The Kier molecular flexibility index (Phi) is 7.22. The van der Waals surface area contributed by atoms with Crippen LogP contribution < -0.4 is 16.4 Å². The first-order valence-electron chi connectivity index (χ1n) is 12.8. The lowest BCUT2D eigenvalue weighted by molar-refractivity contribution is 0.102. The number of carbonyl (C=O) groups excluding carboxylic acids is 2. The summed E-state index contributed by atoms with van der Waals surface area (Å²) in [6.07, 6.45) is 4.10. The highest BCUT2D eigenvalue weighted by molar-refractivity contribution is 7.13. The predicted molar refractivity (Wildman–Crippen MR) is 151 cm³/mol. The summed E-state index contributed by atoms with van der Waals surface area (Å²) >= 11 is 1.65. The van der Waals surface area contributed by atoms with Gasteiger partial charge in [-0.3, -0.25) is 4.79 Å². The van der Waals surface area contributed by atoms with Gasteiger partial charge in [-0.05, 0) is 86.0 Å². The lowest BCUT2D eigenvalue weighted by Crippen LogP contribution is -2.49. The molecule has 0 saturated carbocycles. The van der Waals surface area contributed by atoms with Crippen molar-refractivity contribution >= 4 is 40.2 Å². The van der Waals surface area contributed by atoms with Crippen molar-refractivity contribution in [2.75, 3.05) is 42.5 Å². The van der Waals surface area contributed by atoms with Crippen molar-refractivity contribution < 1.29 is 9.59 Å². The summed E-state index contributed by atoms with van der Waals surface area (Å²) in [5.41, 5.74) is 9.74. The maximum atomic E-state index is 12.9. The molecule has 4 N–H and O–H groups in total. The van der Waals surface area contributed by atoms with E-state index in [1.165, 1.54) is 0 Å². The summed E-state index contributed by atoms with van der Waals surface area (Å²) in [6, 6.07) is 17.3. The van der Waals surface area contributed by atoms with E-state index in [9.17, 15) is 9.59 Å². The second-order valence-electron chi connectivity index (χ2n) is 10.1. The number of nitrogens with zero attached hydrogens (tertiary/aromatic N) is 2. The van der Waals surface area contributed by atoms with Crippen LogP contribution in [0, 0.1) is 0 Å². The smallest absolute Gasteiger partial charge is 0.255 e. The molecule has 1 aromatic heterocycles. The van der Waals surface area contributed by atoms with E-state index in [0.717, 1.165) is 73.8 Å². The summed E-state index contributed by atoms with van der Waals surface area (Å²) in [5, 5.41) is 8.64. The summed E-state index contributed by atoms with van der Waals surface area (Å²) in [6.45, 7) is 5.74. The Morgan fingerprint density at radius 2 is 1.70 bits per heavy atom. The van der Waals surface area contributed by atoms with Gasteiger partial charge in [-0.15, -0.1) is 11.3 Å². The lowest BCUT2D eigenvalue weighted by atomic mass is 9.89. The number of hydrogen-bond donors (Lipinski definition) is 3. The van der Waals surface area contributed by atoms with Crippen molar-refractivity contribution in [2.45, 2.75) is 38.1 Å². The quantitative estimate of drug-likeness (QED) is 0.293. The second-order valence-corrected chi connectivity index (χ2v) is 11.1. The third kappa shape index (κ3) is 5.66. The molecule has 2 saturated heterocycles. The van der Waals surface area contributed by atoms with Gasteiger partial charge in [0.2, 0.25) is 0 Å². The van der Waals surface area contributed by atoms with Gasteiger partial charge in [0.15, 0.2) is 11.8 Å². The Morgan fingerprint density at radius 1 is 1.00 bits per heavy atom. The minimum absolute atomic E-state index is 0.0873. The van der Waals surface area contributed by atoms with Crippen LogP contribution in [0.25, 0.3) is 10.4 Å². The first kappa shape index (κ1) is 24.9. The van der Waals surface area contributed by atoms with E-state index in [4.69, 9.17) is 5.73 Å². The van der Waals surface area contributed by atoms with Crippen LogP contribution in [0.5, 0.6) is 0 Å². The Balaban J connectivity index is 1.19. The van der Waals surface area contributed by atoms with Crippen LogP contribution in [0.4, 0.5) is 17.1 Å². The van der Waals surface area contributed by atoms with Crippen LogP contribution in [-0.4, -0.2) is 53.4 Å². The predicted octanol–water partition coefficient (Wildman–Crippen LogP) is 5.28. The third-order valence-corrected chi connectivity index (χ3v) is 8.28. The summed E-state index contributed by atoms with van der Waals surface area (Å²) in [5.74, 6) is 2.71. The van der Waals surface area contributed by atoms with Crippen molar-refractivity contribution in [3.63, 3.8) is 0 Å². The number of amides is 1. The Labute approximate surface area is 222 Å². The SMILES string of the molecule is CC1(Nc2ccc(C(=O)Nc3cc(-c4cccs4)ccc3N)cc2)CCN(C(=C=O)N2CCCC2)CC1. The summed E-state index contributed by atoms with van der Waals surface area (Å²) in [4.78, 5) is 30.0. The number of piperidine rings is 1. The molecule has 8 heteroatoms. The van der Waals surface area contributed by atoms with Crippen LogP contribution in [0.1, 0.15) is 43.0 Å². The third-order valence-electron chi connectivity index (χ3n) is 7.36. The first-order valence-corrected chi connectivity index (χ1v) is 13.7. The van der Waals surface area contributed by atoms with Crippen molar-refractivity contribution in [1.29, 1.82) is 0 Å². The van der Waals surface area contributed by atoms with Gasteiger partial charge in [0, 0.05) is 47.8 Å². The molecule has 0 unspecified atom stereocenters. The molecule has 1 amide bonds. The molecule has 0 radical (unpaired) electrons. The average molecular weight is 516 g/mol. The molecular weight excluding hydrogens is 482 g/mol. The van der Waals surface area contributed by atoms with Gasteiger partial charge in [0.1, 0.15) is 0 Å². The molecule has 2 aliphatic rings. The number of anilines is 3. The fourth-order valence-electron chi connectivity index (χ4n) is 5.10. The average Bonchev–Trinajstić information content (AvgIpc) is 3.63. The van der Waals surface area contributed by atoms with Crippen LogP contribution in [-0.2, 0) is 4.79 Å². The molecular formula is C29H33N5O2S. The number of hydrogen-bond acceptors (Lipinski definition) is 7. The highest BCUT2D eigenvalue weighted by Gasteiger charge is 2.33. The number of nitrogens with one attached hydrogen (secondary N) is 2. The molecule has 2 aliphatic heterocycles. The second kappa shape index (κ2) is 10.7. The zero-order valence-corrected chi connectivity index (χ0v) is 21.9. The molecule has 0 aliphatic carbocycles. The van der Waals surface area contributed by atoms with Gasteiger partial charge in [0.25, 0.3) is 5.91 Å². The zero-order chi connectivity index (χ0) is 25.8. The van der Waals surface area contributed by atoms with Gasteiger partial charge in [-0.2, -0.15) is 0 Å². The molecule has 5 rings (SSSR count). The fraction of sp³-hybridized carbons (Fsp3) is 0.345. The van der Waals surface area contributed by atoms with Gasteiger partial charge in [0.05, 0.1) is 11.4 Å². The molecule has 2 aromatic carbocycles. The number of carbonyl (C=O) groups is 1. The highest BCUT2D eigenvalue weighted by Crippen LogP contribution is 2.31. The van der Waals surface area contributed by atoms with Crippen molar-refractivity contribution in [3.05, 3.63) is 71.4 Å². The normalized spacial score (nSPS) is 16.8. The van der Waals surface area contributed by atoms with E-state index in [-0.39, 0.29) is 11.4 Å². The molecule has 0 spiro atoms. The Hall–Kier alpha value is -3.74. The number of rotatable bonds is 7. The molecule has 3 heterocycles. The summed E-state index contributed by atoms with van der Waals surface area (Å²) in [7, 11) is 0. The van der Waals surface area contributed by atoms with Crippen molar-refractivity contribution in [3.8, 4) is 10.4 Å². The van der Waals surface area contributed by atoms with Gasteiger partial charge < -0.3 is 26.2 Å². The topological polar surface area (TPSA) is 90.7 Å². The van der Waals surface area contributed by atoms with E-state index < -0.39 is 0 Å². The van der Waals surface area contributed by atoms with E-state index in [1.807, 2.05) is 60.0 Å². The van der Waals surface area contributed by atoms with Crippen LogP contribution in [0.2, 0.25) is 0 Å². The van der Waals surface area contributed by atoms with Crippen LogP contribution in [0.15, 0.2) is 65.8 Å². The lowest BCUT2D eigenvalue weighted by Gasteiger charge is -2.42. The van der Waals surface area contributed by atoms with Crippen LogP contribution in [0.3, 0.4) is 0 Å². The number of nitrogens with two attached hydrogens (primary N) is 1. The monoisotopic (exact) mass is 515 g/mol. The van der Waals surface area contributed by atoms with Crippen molar-refractivity contribution in [1.82, 2.24) is 9.80 Å². The van der Waals surface area contributed by atoms with E-state index in [2.05, 4.69) is 33.3 Å². The van der Waals surface area contributed by atoms with Gasteiger partial charge in [-0.1, -0.05) is 12.1 Å². The maximum absolute atomic E-state index is 12.9. The minimum atomic E-state index is -0.198. The number of nitrogen functional groups attached to an aromatic ring is 1. The number of likely N-dealkylation sites (tertiary alicyclic amines) is 2. The van der Waals surface area contributed by atoms with Crippen molar-refractivity contribution in [2.24, 2.45) is 0 Å². The molecule has 37 heavy (non-hydrogen) atoms. The largest absolute Gasteiger partial charge is 0.397 e. The van der Waals surface area contributed by atoms with Gasteiger partial charge in [-0.25, -0.2) is 4.79 Å². The Bertz CT molecular complexity index is 1280. The molecule has 0 atom stereocenters. The zero-order valence-electron chi connectivity index (χ0n) is 21.1. The van der Waals surface area contributed by atoms with E-state index in [0.29, 0.717) is 16.9 Å². The molecule has 192 valence electrons. The van der Waals surface area contributed by atoms with Crippen LogP contribution >= 0.6 is 11.3 Å². The number of benzene rings is 2. The molecule has 7 nitrogen and oxygen atoms in total. The van der Waals surface area contributed by atoms with Gasteiger partial charge >= 0.3 is 0 Å². The highest BCUT2D eigenvalue weighted by atomic mass is 32.1. The molecule has 0 bridgehead atoms. The first-order chi connectivity index (χ1) is 17.9. The molecule has 3 aromatic rings. The summed E-state index contributed by atoms with van der Waals surface area (Å²) < 4.78 is 0. The minimum Gasteiger partial charge on any atom is -0.397 e. The Morgan fingerprint density at radius 3 is 2.35 bits per heavy atom. The fourth-order valence-corrected chi connectivity index (χ4v) is 5.83. The van der Waals surface area contributed by atoms with E-state index >= 15 is 0 Å². The maximum Gasteiger partial charge on any atom is 0.255 e.